The lowest BCUT2D eigenvalue weighted by Crippen LogP contribution is -2.40. The summed E-state index contributed by atoms with van der Waals surface area (Å²) in [6.07, 6.45) is 3.81. The van der Waals surface area contributed by atoms with Crippen LogP contribution in [0.4, 0.5) is 0 Å². The number of nitrogens with one attached hydrogen (secondary N) is 2. The van der Waals surface area contributed by atoms with E-state index >= 15 is 0 Å². The van der Waals surface area contributed by atoms with Crippen molar-refractivity contribution in [1.82, 2.24) is 10.3 Å². The summed E-state index contributed by atoms with van der Waals surface area (Å²) < 4.78 is 11.0. The molecule has 0 saturated heterocycles. The Hall–Kier alpha value is -3.77. The number of amides is 1. The summed E-state index contributed by atoms with van der Waals surface area (Å²) in [4.78, 5) is 16.7. The number of rotatable bonds is 7. The van der Waals surface area contributed by atoms with E-state index in [1.165, 1.54) is 10.9 Å². The zero-order valence-electron chi connectivity index (χ0n) is 22.6. The molecular weight excluding hydrogens is 474 g/mol. The molecule has 1 aliphatic rings. The minimum Gasteiger partial charge on any atom is -0.493 e. The topological polar surface area (TPSA) is 89.4 Å². The van der Waals surface area contributed by atoms with Crippen LogP contribution in [0.3, 0.4) is 0 Å². The number of aromatic nitrogens is 1. The van der Waals surface area contributed by atoms with Crippen LogP contribution in [0.5, 0.6) is 11.5 Å². The zero-order valence-corrected chi connectivity index (χ0v) is 22.6. The van der Waals surface area contributed by atoms with Gasteiger partial charge in [0.15, 0.2) is 11.5 Å². The van der Waals surface area contributed by atoms with Gasteiger partial charge in [-0.1, -0.05) is 32.0 Å². The van der Waals surface area contributed by atoms with Gasteiger partial charge in [0.1, 0.15) is 0 Å². The molecule has 0 aliphatic heterocycles. The second-order valence-corrected chi connectivity index (χ2v) is 10.6. The van der Waals surface area contributed by atoms with Crippen molar-refractivity contribution in [2.24, 2.45) is 5.73 Å². The van der Waals surface area contributed by atoms with Crippen LogP contribution in [-0.4, -0.2) is 37.2 Å². The average molecular weight is 512 g/mol. The number of fused-ring (bicyclic) bond motifs is 1. The summed E-state index contributed by atoms with van der Waals surface area (Å²) in [5.74, 6) is 1.68. The number of hydrogen-bond acceptors (Lipinski definition) is 4. The summed E-state index contributed by atoms with van der Waals surface area (Å²) in [5, 5.41) is 4.38. The molecule has 0 bridgehead atoms. The largest absolute Gasteiger partial charge is 0.493 e. The molecule has 0 atom stereocenters. The van der Waals surface area contributed by atoms with Crippen LogP contribution in [0.25, 0.3) is 33.3 Å². The van der Waals surface area contributed by atoms with Crippen molar-refractivity contribution in [2.75, 3.05) is 14.2 Å². The molecule has 1 saturated carbocycles. The van der Waals surface area contributed by atoms with E-state index in [4.69, 9.17) is 15.2 Å². The number of carbonyl (C=O) groups excluding carboxylic acids is 1. The fourth-order valence-electron chi connectivity index (χ4n) is 5.58. The molecule has 38 heavy (non-hydrogen) atoms. The highest BCUT2D eigenvalue weighted by atomic mass is 16.5. The number of methoxy groups -OCH3 is 2. The van der Waals surface area contributed by atoms with Crippen LogP contribution in [-0.2, 0) is 0 Å². The molecule has 6 heteroatoms. The summed E-state index contributed by atoms with van der Waals surface area (Å²) >= 11 is 0. The lowest BCUT2D eigenvalue weighted by Gasteiger charge is -2.26. The highest BCUT2D eigenvalue weighted by Crippen LogP contribution is 2.40. The number of ether oxygens (including phenoxy) is 2. The molecule has 5 rings (SSSR count). The maximum absolute atomic E-state index is 13.0. The van der Waals surface area contributed by atoms with E-state index in [2.05, 4.69) is 54.5 Å². The first-order valence-electron chi connectivity index (χ1n) is 13.4. The molecule has 0 unspecified atom stereocenters. The second-order valence-electron chi connectivity index (χ2n) is 10.6. The fraction of sp³-hybridized carbons (Fsp3) is 0.344. The van der Waals surface area contributed by atoms with Crippen LogP contribution in [0.1, 0.15) is 61.4 Å². The van der Waals surface area contributed by atoms with Crippen LogP contribution in [0.2, 0.25) is 0 Å². The van der Waals surface area contributed by atoms with Gasteiger partial charge in [-0.25, -0.2) is 0 Å². The number of H-pyrrole nitrogens is 1. The first-order valence-corrected chi connectivity index (χ1v) is 13.4. The molecule has 0 radical (unpaired) electrons. The summed E-state index contributed by atoms with van der Waals surface area (Å²) in [6.45, 7) is 4.42. The van der Waals surface area contributed by atoms with Gasteiger partial charge in [-0.15, -0.1) is 0 Å². The first-order chi connectivity index (χ1) is 18.4. The molecular formula is C32H37N3O3. The van der Waals surface area contributed by atoms with Gasteiger partial charge in [0.25, 0.3) is 5.91 Å². The van der Waals surface area contributed by atoms with E-state index in [9.17, 15) is 4.79 Å². The van der Waals surface area contributed by atoms with E-state index in [0.717, 1.165) is 53.6 Å². The Kier molecular flexibility index (Phi) is 7.43. The third-order valence-corrected chi connectivity index (χ3v) is 7.65. The van der Waals surface area contributed by atoms with Gasteiger partial charge in [-0.2, -0.15) is 0 Å². The van der Waals surface area contributed by atoms with Gasteiger partial charge < -0.3 is 25.5 Å². The SMILES string of the molecule is COc1ccc(-c2[nH]c3ccc(-c4cccc(C(=O)N[C@H]5CC[C@H](N)CC5)c4)cc3c2C(C)C)cc1OC. The molecule has 198 valence electrons. The highest BCUT2D eigenvalue weighted by Gasteiger charge is 2.21. The predicted molar refractivity (Wildman–Crippen MR) is 154 cm³/mol. The third-order valence-electron chi connectivity index (χ3n) is 7.65. The second kappa shape index (κ2) is 10.9. The lowest BCUT2D eigenvalue weighted by atomic mass is 9.91. The molecule has 6 nitrogen and oxygen atoms in total. The van der Waals surface area contributed by atoms with E-state index in [-0.39, 0.29) is 18.0 Å². The number of nitrogens with two attached hydrogens (primary N) is 1. The van der Waals surface area contributed by atoms with Crippen LogP contribution in [0.15, 0.2) is 60.7 Å². The summed E-state index contributed by atoms with van der Waals surface area (Å²) in [7, 11) is 3.30. The Morgan fingerprint density at radius 2 is 1.61 bits per heavy atom. The van der Waals surface area contributed by atoms with Gasteiger partial charge in [0.2, 0.25) is 0 Å². The van der Waals surface area contributed by atoms with Gasteiger partial charge >= 0.3 is 0 Å². The molecule has 4 N–H and O–H groups in total. The Labute approximate surface area is 224 Å². The number of hydrogen-bond donors (Lipinski definition) is 3. The van der Waals surface area contributed by atoms with Crippen molar-refractivity contribution < 1.29 is 14.3 Å². The van der Waals surface area contributed by atoms with Gasteiger partial charge in [0.05, 0.1) is 19.9 Å². The molecule has 0 spiro atoms. The maximum Gasteiger partial charge on any atom is 0.251 e. The lowest BCUT2D eigenvalue weighted by molar-refractivity contribution is 0.0926. The summed E-state index contributed by atoms with van der Waals surface area (Å²) in [6, 6.07) is 20.8. The Morgan fingerprint density at radius 1 is 0.895 bits per heavy atom. The van der Waals surface area contributed by atoms with Crippen LogP contribution >= 0.6 is 0 Å². The van der Waals surface area contributed by atoms with Crippen LogP contribution < -0.4 is 20.5 Å². The average Bonchev–Trinajstić information content (AvgIpc) is 3.33. The van der Waals surface area contributed by atoms with Gasteiger partial charge in [0, 0.05) is 34.1 Å². The molecule has 1 heterocycles. The maximum atomic E-state index is 13.0. The van der Waals surface area contributed by atoms with E-state index in [1.807, 2.05) is 30.3 Å². The normalized spacial score (nSPS) is 17.5. The van der Waals surface area contributed by atoms with E-state index in [0.29, 0.717) is 23.0 Å². The van der Waals surface area contributed by atoms with Crippen molar-refractivity contribution in [3.63, 3.8) is 0 Å². The van der Waals surface area contributed by atoms with Gasteiger partial charge in [-0.05, 0) is 90.8 Å². The minimum absolute atomic E-state index is 0.0198. The summed E-state index contributed by atoms with van der Waals surface area (Å²) in [5.41, 5.74) is 13.3. The van der Waals surface area contributed by atoms with Crippen molar-refractivity contribution in [2.45, 2.75) is 57.5 Å². The minimum atomic E-state index is -0.0198. The molecule has 1 aliphatic carbocycles. The van der Waals surface area contributed by atoms with Crippen molar-refractivity contribution in [3.8, 4) is 33.9 Å². The number of carbonyl (C=O) groups is 1. The van der Waals surface area contributed by atoms with E-state index in [1.54, 1.807) is 14.2 Å². The quantitative estimate of drug-likeness (QED) is 0.259. The molecule has 4 aromatic rings. The van der Waals surface area contributed by atoms with Gasteiger partial charge in [-0.3, -0.25) is 4.79 Å². The van der Waals surface area contributed by atoms with E-state index < -0.39 is 0 Å². The highest BCUT2D eigenvalue weighted by molar-refractivity contribution is 5.97. The smallest absolute Gasteiger partial charge is 0.251 e. The number of aromatic amines is 1. The molecule has 3 aromatic carbocycles. The van der Waals surface area contributed by atoms with Crippen LogP contribution in [0, 0.1) is 0 Å². The van der Waals surface area contributed by atoms with Crippen molar-refractivity contribution in [3.05, 3.63) is 71.8 Å². The van der Waals surface area contributed by atoms with Crippen molar-refractivity contribution in [1.29, 1.82) is 0 Å². The zero-order chi connectivity index (χ0) is 26.8. The Balaban J connectivity index is 1.48. The molecule has 1 amide bonds. The first kappa shape index (κ1) is 25.9. The predicted octanol–water partition coefficient (Wildman–Crippen LogP) is 6.64. The molecule has 1 aromatic heterocycles. The number of benzene rings is 3. The van der Waals surface area contributed by atoms with Crippen molar-refractivity contribution >= 4 is 16.8 Å². The Morgan fingerprint density at radius 3 is 2.32 bits per heavy atom. The third kappa shape index (κ3) is 5.14. The molecule has 1 fully saturated rings. The standard InChI is InChI=1S/C32H37N3O3/c1-19(2)30-26-17-21(8-14-27(26)35-31(30)22-9-15-28(37-3)29(18-22)38-4)20-6-5-7-23(16-20)32(36)34-25-12-10-24(33)11-13-25/h5-9,14-19,24-25,35H,10-13,33H2,1-4H3,(H,34,36)/t24-,25-. The monoisotopic (exact) mass is 511 g/mol. The Bertz CT molecular complexity index is 1450. The fourth-order valence-corrected chi connectivity index (χ4v) is 5.58.